The highest BCUT2D eigenvalue weighted by Gasteiger charge is 2.33. The predicted molar refractivity (Wildman–Crippen MR) is 84.3 cm³/mol. The average molecular weight is 369 g/mol. The van der Waals surface area contributed by atoms with Gasteiger partial charge in [0, 0.05) is 31.8 Å². The number of likely N-dealkylation sites (tertiary alicyclic amines) is 1. The molecular formula is C15H20ClF3N2O3. The molecule has 1 aromatic carbocycles. The van der Waals surface area contributed by atoms with Crippen molar-refractivity contribution in [1.29, 1.82) is 0 Å². The third kappa shape index (κ3) is 5.25. The van der Waals surface area contributed by atoms with Crippen LogP contribution < -0.4 is 10.5 Å². The van der Waals surface area contributed by atoms with Gasteiger partial charge in [-0.05, 0) is 31.0 Å². The number of nitrogens with zero attached hydrogens (tertiary/aromatic N) is 1. The van der Waals surface area contributed by atoms with E-state index in [9.17, 15) is 18.0 Å². The first-order chi connectivity index (χ1) is 10.8. The standard InChI is InChI=1S/C15H19F3N2O3.ClH/c1-22-12-5-6-20(11(8-12)9-19)14(21)10-3-2-4-13(7-10)23-15(16,17)18;/h2-4,7,11-12H,5-6,8-9,19H2,1H3;1H. The quantitative estimate of drug-likeness (QED) is 0.887. The fraction of sp³-hybridized carbons (Fsp3) is 0.533. The number of carbonyl (C=O) groups excluding carboxylic acids is 1. The summed E-state index contributed by atoms with van der Waals surface area (Å²) in [6.45, 7) is 0.716. The van der Waals surface area contributed by atoms with Crippen LogP contribution in [0.1, 0.15) is 23.2 Å². The first-order valence-electron chi connectivity index (χ1n) is 7.23. The van der Waals surface area contributed by atoms with E-state index in [-0.39, 0.29) is 42.6 Å². The smallest absolute Gasteiger partial charge is 0.406 e. The van der Waals surface area contributed by atoms with Crippen molar-refractivity contribution in [3.05, 3.63) is 29.8 Å². The van der Waals surface area contributed by atoms with Gasteiger partial charge >= 0.3 is 6.36 Å². The number of alkyl halides is 3. The third-order valence-electron chi connectivity index (χ3n) is 3.85. The number of hydrogen-bond donors (Lipinski definition) is 1. The van der Waals surface area contributed by atoms with Gasteiger partial charge in [-0.25, -0.2) is 0 Å². The molecule has 0 aliphatic carbocycles. The molecule has 136 valence electrons. The molecular weight excluding hydrogens is 349 g/mol. The maximum atomic E-state index is 12.6. The van der Waals surface area contributed by atoms with Crippen LogP contribution in [-0.4, -0.2) is 49.5 Å². The number of methoxy groups -OCH3 is 1. The first kappa shape index (κ1) is 20.5. The largest absolute Gasteiger partial charge is 0.573 e. The van der Waals surface area contributed by atoms with Crippen molar-refractivity contribution in [2.45, 2.75) is 31.3 Å². The van der Waals surface area contributed by atoms with Crippen LogP contribution in [0.2, 0.25) is 0 Å². The van der Waals surface area contributed by atoms with Crippen LogP contribution in [-0.2, 0) is 4.74 Å². The summed E-state index contributed by atoms with van der Waals surface area (Å²) in [6, 6.07) is 4.86. The first-order valence-corrected chi connectivity index (χ1v) is 7.23. The summed E-state index contributed by atoms with van der Waals surface area (Å²) in [5.41, 5.74) is 5.86. The van der Waals surface area contributed by atoms with Gasteiger partial charge in [0.25, 0.3) is 5.91 Å². The van der Waals surface area contributed by atoms with Crippen molar-refractivity contribution >= 4 is 18.3 Å². The van der Waals surface area contributed by atoms with Crippen molar-refractivity contribution in [2.24, 2.45) is 5.73 Å². The normalized spacial score (nSPS) is 21.1. The number of ether oxygens (including phenoxy) is 2. The lowest BCUT2D eigenvalue weighted by Crippen LogP contribution is -2.51. The summed E-state index contributed by atoms with van der Waals surface area (Å²) in [5.74, 6) is -0.776. The topological polar surface area (TPSA) is 64.8 Å². The van der Waals surface area contributed by atoms with E-state index in [1.807, 2.05) is 0 Å². The zero-order valence-electron chi connectivity index (χ0n) is 13.1. The van der Waals surface area contributed by atoms with Gasteiger partial charge < -0.3 is 20.1 Å². The maximum absolute atomic E-state index is 12.6. The van der Waals surface area contributed by atoms with Crippen molar-refractivity contribution in [3.63, 3.8) is 0 Å². The van der Waals surface area contributed by atoms with Crippen LogP contribution in [0.3, 0.4) is 0 Å². The highest BCUT2D eigenvalue weighted by Crippen LogP contribution is 2.26. The summed E-state index contributed by atoms with van der Waals surface area (Å²) < 4.78 is 46.0. The Hall–Kier alpha value is -1.51. The molecule has 1 amide bonds. The fourth-order valence-electron chi connectivity index (χ4n) is 2.71. The summed E-state index contributed by atoms with van der Waals surface area (Å²) in [5, 5.41) is 0. The molecule has 24 heavy (non-hydrogen) atoms. The van der Waals surface area contributed by atoms with Crippen molar-refractivity contribution in [1.82, 2.24) is 4.90 Å². The molecule has 2 unspecified atom stereocenters. The van der Waals surface area contributed by atoms with Gasteiger partial charge in [0.2, 0.25) is 0 Å². The Morgan fingerprint density at radius 2 is 2.12 bits per heavy atom. The second-order valence-electron chi connectivity index (χ2n) is 5.35. The summed E-state index contributed by atoms with van der Waals surface area (Å²) >= 11 is 0. The molecule has 0 saturated carbocycles. The van der Waals surface area contributed by atoms with Crippen LogP contribution in [0, 0.1) is 0 Å². The van der Waals surface area contributed by atoms with Gasteiger partial charge in [0.15, 0.2) is 0 Å². The lowest BCUT2D eigenvalue weighted by atomic mass is 9.98. The SMILES string of the molecule is COC1CCN(C(=O)c2cccc(OC(F)(F)F)c2)C(CN)C1.Cl. The lowest BCUT2D eigenvalue weighted by molar-refractivity contribution is -0.274. The molecule has 1 fully saturated rings. The molecule has 5 nitrogen and oxygen atoms in total. The van der Waals surface area contributed by atoms with E-state index in [2.05, 4.69) is 4.74 Å². The molecule has 1 saturated heterocycles. The van der Waals surface area contributed by atoms with E-state index in [0.29, 0.717) is 19.4 Å². The molecule has 1 aliphatic heterocycles. The summed E-state index contributed by atoms with van der Waals surface area (Å²) in [7, 11) is 1.60. The second kappa shape index (κ2) is 8.55. The van der Waals surface area contributed by atoms with Crippen LogP contribution in [0.15, 0.2) is 24.3 Å². The third-order valence-corrected chi connectivity index (χ3v) is 3.85. The maximum Gasteiger partial charge on any atom is 0.573 e. The fourth-order valence-corrected chi connectivity index (χ4v) is 2.71. The number of piperidine rings is 1. The Morgan fingerprint density at radius 1 is 1.42 bits per heavy atom. The predicted octanol–water partition coefficient (Wildman–Crippen LogP) is 2.59. The van der Waals surface area contributed by atoms with E-state index < -0.39 is 12.1 Å². The van der Waals surface area contributed by atoms with Crippen molar-refractivity contribution < 1.29 is 27.4 Å². The van der Waals surface area contributed by atoms with Gasteiger partial charge in [-0.1, -0.05) is 6.07 Å². The van der Waals surface area contributed by atoms with Gasteiger partial charge in [-0.3, -0.25) is 4.79 Å². The number of hydrogen-bond acceptors (Lipinski definition) is 4. The van der Waals surface area contributed by atoms with Crippen molar-refractivity contribution in [3.8, 4) is 5.75 Å². The van der Waals surface area contributed by atoms with Crippen molar-refractivity contribution in [2.75, 3.05) is 20.2 Å². The molecule has 1 aliphatic rings. The minimum Gasteiger partial charge on any atom is -0.406 e. The molecule has 0 spiro atoms. The highest BCUT2D eigenvalue weighted by atomic mass is 35.5. The van der Waals surface area contributed by atoms with E-state index in [4.69, 9.17) is 10.5 Å². The number of amides is 1. The Morgan fingerprint density at radius 3 is 2.71 bits per heavy atom. The summed E-state index contributed by atoms with van der Waals surface area (Å²) in [4.78, 5) is 14.2. The number of carbonyl (C=O) groups is 1. The summed E-state index contributed by atoms with van der Waals surface area (Å²) in [6.07, 6.45) is -3.49. The Labute approximate surface area is 144 Å². The molecule has 2 atom stereocenters. The molecule has 1 aromatic rings. The van der Waals surface area contributed by atoms with Gasteiger partial charge in [-0.2, -0.15) is 0 Å². The van der Waals surface area contributed by atoms with E-state index in [1.165, 1.54) is 12.1 Å². The van der Waals surface area contributed by atoms with E-state index >= 15 is 0 Å². The van der Waals surface area contributed by atoms with Crippen LogP contribution in [0.4, 0.5) is 13.2 Å². The van der Waals surface area contributed by atoms with E-state index in [1.54, 1.807) is 12.0 Å². The molecule has 0 aromatic heterocycles. The Kier molecular flexibility index (Phi) is 7.31. The number of nitrogens with two attached hydrogens (primary N) is 1. The minimum atomic E-state index is -4.79. The van der Waals surface area contributed by atoms with Crippen LogP contribution >= 0.6 is 12.4 Å². The second-order valence-corrected chi connectivity index (χ2v) is 5.35. The monoisotopic (exact) mass is 368 g/mol. The Bertz CT molecular complexity index is 557. The number of rotatable bonds is 4. The van der Waals surface area contributed by atoms with Crippen LogP contribution in [0.5, 0.6) is 5.75 Å². The van der Waals surface area contributed by atoms with Gasteiger partial charge in [0.1, 0.15) is 5.75 Å². The molecule has 1 heterocycles. The molecule has 9 heteroatoms. The molecule has 0 radical (unpaired) electrons. The molecule has 2 rings (SSSR count). The Balaban J connectivity index is 0.00000288. The average Bonchev–Trinajstić information content (AvgIpc) is 2.52. The van der Waals surface area contributed by atoms with E-state index in [0.717, 1.165) is 12.1 Å². The highest BCUT2D eigenvalue weighted by molar-refractivity contribution is 5.95. The van der Waals surface area contributed by atoms with Gasteiger partial charge in [-0.15, -0.1) is 25.6 Å². The van der Waals surface area contributed by atoms with Crippen LogP contribution in [0.25, 0.3) is 0 Å². The molecule has 2 N–H and O–H groups in total. The number of halogens is 4. The van der Waals surface area contributed by atoms with Gasteiger partial charge in [0.05, 0.1) is 6.10 Å². The minimum absolute atomic E-state index is 0. The molecule has 0 bridgehead atoms. The lowest BCUT2D eigenvalue weighted by Gasteiger charge is -2.38. The zero-order chi connectivity index (χ0) is 17.0. The zero-order valence-corrected chi connectivity index (χ0v) is 13.9. The number of benzene rings is 1.